The quantitative estimate of drug-likeness (QED) is 0.801. The van der Waals surface area contributed by atoms with Crippen LogP contribution in [0.15, 0.2) is 18.2 Å². The van der Waals surface area contributed by atoms with Crippen LogP contribution in [0.1, 0.15) is 32.6 Å². The van der Waals surface area contributed by atoms with Crippen molar-refractivity contribution in [2.24, 2.45) is 0 Å². The van der Waals surface area contributed by atoms with E-state index in [9.17, 15) is 0 Å². The third kappa shape index (κ3) is 2.63. The molecule has 1 aromatic carbocycles. The topological polar surface area (TPSA) is 56.5 Å². The van der Waals surface area contributed by atoms with Crippen molar-refractivity contribution in [3.05, 3.63) is 18.2 Å². The standard InChI is InChI=1S/C15H22N2O2/c1-2-7-18-15-8-10(3-5-12(15)16)17-13-9-11-4-6-14(13)19-11/h3,5,8,11,13-14,17H,2,4,6-7,9,16H2,1H3. The molecule has 3 N–H and O–H groups in total. The van der Waals surface area contributed by atoms with Crippen LogP contribution in [0.2, 0.25) is 0 Å². The van der Waals surface area contributed by atoms with Gasteiger partial charge in [-0.1, -0.05) is 6.92 Å². The van der Waals surface area contributed by atoms with E-state index in [1.54, 1.807) is 0 Å². The van der Waals surface area contributed by atoms with Gasteiger partial charge < -0.3 is 20.5 Å². The molecule has 0 saturated carbocycles. The van der Waals surface area contributed by atoms with Crippen molar-refractivity contribution < 1.29 is 9.47 Å². The number of nitrogen functional groups attached to an aromatic ring is 1. The molecule has 0 aromatic heterocycles. The van der Waals surface area contributed by atoms with Gasteiger partial charge >= 0.3 is 0 Å². The molecule has 2 aliphatic heterocycles. The number of rotatable bonds is 5. The third-order valence-electron chi connectivity index (χ3n) is 3.93. The van der Waals surface area contributed by atoms with Gasteiger partial charge in [-0.25, -0.2) is 0 Å². The summed E-state index contributed by atoms with van der Waals surface area (Å²) >= 11 is 0. The fourth-order valence-electron chi connectivity index (χ4n) is 2.96. The summed E-state index contributed by atoms with van der Waals surface area (Å²) in [5, 5.41) is 3.56. The molecular formula is C15H22N2O2. The smallest absolute Gasteiger partial charge is 0.144 e. The molecule has 2 heterocycles. The van der Waals surface area contributed by atoms with E-state index in [4.69, 9.17) is 15.2 Å². The number of anilines is 2. The van der Waals surface area contributed by atoms with Gasteiger partial charge in [0.25, 0.3) is 0 Å². The van der Waals surface area contributed by atoms with Crippen molar-refractivity contribution in [2.45, 2.75) is 50.9 Å². The van der Waals surface area contributed by atoms with Crippen LogP contribution in [-0.4, -0.2) is 24.9 Å². The molecule has 19 heavy (non-hydrogen) atoms. The highest BCUT2D eigenvalue weighted by Crippen LogP contribution is 2.36. The van der Waals surface area contributed by atoms with Gasteiger partial charge in [-0.15, -0.1) is 0 Å². The van der Waals surface area contributed by atoms with Crippen molar-refractivity contribution in [2.75, 3.05) is 17.7 Å². The molecule has 1 aromatic rings. The highest BCUT2D eigenvalue weighted by atomic mass is 16.5. The Labute approximate surface area is 114 Å². The van der Waals surface area contributed by atoms with Crippen molar-refractivity contribution in [3.63, 3.8) is 0 Å². The molecule has 2 bridgehead atoms. The van der Waals surface area contributed by atoms with E-state index in [1.807, 2.05) is 18.2 Å². The minimum atomic E-state index is 0.377. The Morgan fingerprint density at radius 3 is 3.00 bits per heavy atom. The average Bonchev–Trinajstić information content (AvgIpc) is 3.01. The van der Waals surface area contributed by atoms with Crippen molar-refractivity contribution >= 4 is 11.4 Å². The SMILES string of the molecule is CCCOc1cc(NC2CC3CCC2O3)ccc1N. The van der Waals surface area contributed by atoms with Crippen LogP contribution in [0, 0.1) is 0 Å². The molecule has 2 saturated heterocycles. The van der Waals surface area contributed by atoms with Gasteiger partial charge in [-0.05, 0) is 37.8 Å². The number of fused-ring (bicyclic) bond motifs is 2. The van der Waals surface area contributed by atoms with Gasteiger partial charge in [-0.2, -0.15) is 0 Å². The number of hydrogen-bond acceptors (Lipinski definition) is 4. The summed E-state index contributed by atoms with van der Waals surface area (Å²) < 4.78 is 11.5. The second-order valence-electron chi connectivity index (χ2n) is 5.46. The minimum Gasteiger partial charge on any atom is -0.491 e. The summed E-state index contributed by atoms with van der Waals surface area (Å²) in [6.45, 7) is 2.79. The van der Waals surface area contributed by atoms with Crippen molar-refractivity contribution in [1.29, 1.82) is 0 Å². The summed E-state index contributed by atoms with van der Waals surface area (Å²) in [7, 11) is 0. The highest BCUT2D eigenvalue weighted by molar-refractivity contribution is 5.61. The van der Waals surface area contributed by atoms with Crippen molar-refractivity contribution in [1.82, 2.24) is 0 Å². The third-order valence-corrected chi connectivity index (χ3v) is 3.93. The number of ether oxygens (including phenoxy) is 2. The van der Waals surface area contributed by atoms with Crippen LogP contribution in [-0.2, 0) is 4.74 Å². The molecule has 2 fully saturated rings. The first-order chi connectivity index (χ1) is 9.26. The molecule has 4 nitrogen and oxygen atoms in total. The van der Waals surface area contributed by atoms with Crippen LogP contribution in [0.3, 0.4) is 0 Å². The Balaban J connectivity index is 1.67. The number of hydrogen-bond donors (Lipinski definition) is 2. The predicted octanol–water partition coefficient (Wildman–Crippen LogP) is 2.79. The molecule has 3 unspecified atom stereocenters. The summed E-state index contributed by atoms with van der Waals surface area (Å²) in [6, 6.07) is 6.35. The molecule has 0 amide bonds. The van der Waals surface area contributed by atoms with Gasteiger partial charge in [0.05, 0.1) is 30.5 Å². The fraction of sp³-hybridized carbons (Fsp3) is 0.600. The summed E-state index contributed by atoms with van der Waals surface area (Å²) in [4.78, 5) is 0. The highest BCUT2D eigenvalue weighted by Gasteiger charge is 2.40. The monoisotopic (exact) mass is 262 g/mol. The van der Waals surface area contributed by atoms with E-state index in [1.165, 1.54) is 12.8 Å². The minimum absolute atomic E-state index is 0.377. The predicted molar refractivity (Wildman–Crippen MR) is 76.6 cm³/mol. The molecule has 4 heteroatoms. The lowest BCUT2D eigenvalue weighted by molar-refractivity contribution is 0.102. The van der Waals surface area contributed by atoms with Gasteiger partial charge in [-0.3, -0.25) is 0 Å². The van der Waals surface area contributed by atoms with Crippen LogP contribution in [0.25, 0.3) is 0 Å². The largest absolute Gasteiger partial charge is 0.491 e. The van der Waals surface area contributed by atoms with Crippen molar-refractivity contribution in [3.8, 4) is 5.75 Å². The Morgan fingerprint density at radius 1 is 1.42 bits per heavy atom. The first-order valence-corrected chi connectivity index (χ1v) is 7.20. The number of nitrogens with two attached hydrogens (primary N) is 1. The Kier molecular flexibility index (Phi) is 3.51. The molecule has 2 aliphatic rings. The fourth-order valence-corrected chi connectivity index (χ4v) is 2.96. The average molecular weight is 262 g/mol. The number of benzene rings is 1. The molecule has 0 spiro atoms. The lowest BCUT2D eigenvalue weighted by Crippen LogP contribution is -2.30. The first kappa shape index (κ1) is 12.6. The van der Waals surface area contributed by atoms with E-state index in [2.05, 4.69) is 12.2 Å². The van der Waals surface area contributed by atoms with E-state index in [0.717, 1.165) is 24.3 Å². The summed E-state index contributed by atoms with van der Waals surface area (Å²) in [6.07, 6.45) is 5.33. The second-order valence-corrected chi connectivity index (χ2v) is 5.46. The summed E-state index contributed by atoms with van der Waals surface area (Å²) in [5.41, 5.74) is 7.69. The summed E-state index contributed by atoms with van der Waals surface area (Å²) in [5.74, 6) is 0.774. The Morgan fingerprint density at radius 2 is 2.32 bits per heavy atom. The Bertz CT molecular complexity index is 450. The zero-order chi connectivity index (χ0) is 13.2. The van der Waals surface area contributed by atoms with Gasteiger partial charge in [0.15, 0.2) is 0 Å². The zero-order valence-corrected chi connectivity index (χ0v) is 11.4. The van der Waals surface area contributed by atoms with Gasteiger partial charge in [0.2, 0.25) is 0 Å². The molecule has 0 radical (unpaired) electrons. The maximum Gasteiger partial charge on any atom is 0.144 e. The van der Waals surface area contributed by atoms with E-state index >= 15 is 0 Å². The van der Waals surface area contributed by atoms with E-state index in [0.29, 0.717) is 30.5 Å². The lowest BCUT2D eigenvalue weighted by Gasteiger charge is -2.22. The second kappa shape index (κ2) is 5.29. The van der Waals surface area contributed by atoms with Gasteiger partial charge in [0, 0.05) is 11.8 Å². The Hall–Kier alpha value is -1.42. The maximum absolute atomic E-state index is 5.92. The maximum atomic E-state index is 5.92. The molecular weight excluding hydrogens is 240 g/mol. The van der Waals surface area contributed by atoms with Crippen LogP contribution < -0.4 is 15.8 Å². The number of nitrogens with one attached hydrogen (secondary N) is 1. The molecule has 3 atom stereocenters. The van der Waals surface area contributed by atoms with Crippen LogP contribution in [0.5, 0.6) is 5.75 Å². The van der Waals surface area contributed by atoms with E-state index < -0.39 is 0 Å². The molecule has 0 aliphatic carbocycles. The molecule has 3 rings (SSSR count). The first-order valence-electron chi connectivity index (χ1n) is 7.20. The molecule has 104 valence electrons. The normalized spacial score (nSPS) is 28.6. The van der Waals surface area contributed by atoms with Crippen LogP contribution in [0.4, 0.5) is 11.4 Å². The van der Waals surface area contributed by atoms with E-state index in [-0.39, 0.29) is 0 Å². The zero-order valence-electron chi connectivity index (χ0n) is 11.4. The van der Waals surface area contributed by atoms with Gasteiger partial charge in [0.1, 0.15) is 5.75 Å². The van der Waals surface area contributed by atoms with Crippen LogP contribution >= 0.6 is 0 Å². The lowest BCUT2D eigenvalue weighted by atomic mass is 9.95.